The average Bonchev–Trinajstić information content (AvgIpc) is 3.28. The van der Waals surface area contributed by atoms with E-state index in [1.807, 2.05) is 53.6 Å². The molecular formula is C26H27N3O5S. The van der Waals surface area contributed by atoms with Crippen LogP contribution in [0.2, 0.25) is 0 Å². The summed E-state index contributed by atoms with van der Waals surface area (Å²) in [5, 5.41) is 5.52. The number of benzene rings is 2. The van der Waals surface area contributed by atoms with E-state index in [4.69, 9.17) is 19.2 Å². The molecule has 0 bridgehead atoms. The number of carbonyl (C=O) groups is 2. The number of nitrogens with one attached hydrogen (secondary N) is 1. The zero-order chi connectivity index (χ0) is 24.9. The van der Waals surface area contributed by atoms with Crippen molar-refractivity contribution in [3.8, 4) is 11.5 Å². The van der Waals surface area contributed by atoms with Gasteiger partial charge in [-0.05, 0) is 30.0 Å². The molecule has 0 spiro atoms. The van der Waals surface area contributed by atoms with Crippen LogP contribution in [0.15, 0.2) is 75.9 Å². The Morgan fingerprint density at radius 1 is 1.09 bits per heavy atom. The van der Waals surface area contributed by atoms with Crippen LogP contribution >= 0.6 is 11.8 Å². The molecule has 35 heavy (non-hydrogen) atoms. The van der Waals surface area contributed by atoms with Crippen molar-refractivity contribution >= 4 is 34.5 Å². The molecule has 0 aliphatic carbocycles. The number of esters is 1. The van der Waals surface area contributed by atoms with Gasteiger partial charge in [0.1, 0.15) is 11.5 Å². The zero-order valence-electron chi connectivity index (χ0n) is 20.0. The number of aliphatic imine (C=N–C) groups is 1. The molecule has 0 saturated carbocycles. The van der Waals surface area contributed by atoms with Crippen molar-refractivity contribution in [2.75, 3.05) is 26.6 Å². The van der Waals surface area contributed by atoms with Crippen molar-refractivity contribution in [3.63, 3.8) is 0 Å². The first-order valence-corrected chi connectivity index (χ1v) is 12.0. The van der Waals surface area contributed by atoms with Gasteiger partial charge in [0.15, 0.2) is 5.17 Å². The van der Waals surface area contributed by atoms with E-state index in [1.54, 1.807) is 26.4 Å². The maximum absolute atomic E-state index is 13.0. The third-order valence-electron chi connectivity index (χ3n) is 5.76. The smallest absolute Gasteiger partial charge is 0.338 e. The fourth-order valence-electron chi connectivity index (χ4n) is 4.17. The van der Waals surface area contributed by atoms with Crippen LogP contribution in [0, 0.1) is 0 Å². The molecule has 1 N–H and O–H groups in total. The van der Waals surface area contributed by atoms with Crippen LogP contribution < -0.4 is 14.8 Å². The molecule has 0 radical (unpaired) electrons. The number of anilines is 1. The lowest BCUT2D eigenvalue weighted by atomic mass is 9.92. The number of allylic oxidation sites excluding steroid dienone is 1. The summed E-state index contributed by atoms with van der Waals surface area (Å²) in [7, 11) is 4.53. The first kappa shape index (κ1) is 24.4. The lowest BCUT2D eigenvalue weighted by Crippen LogP contribution is -2.37. The van der Waals surface area contributed by atoms with E-state index >= 15 is 0 Å². The molecule has 182 valence electrons. The van der Waals surface area contributed by atoms with Crippen molar-refractivity contribution in [2.45, 2.75) is 25.8 Å². The van der Waals surface area contributed by atoms with E-state index in [-0.39, 0.29) is 12.3 Å². The van der Waals surface area contributed by atoms with E-state index in [0.29, 0.717) is 40.0 Å². The van der Waals surface area contributed by atoms with E-state index in [9.17, 15) is 9.59 Å². The van der Waals surface area contributed by atoms with Gasteiger partial charge >= 0.3 is 5.97 Å². The standard InChI is InChI=1S/C26H27N3O5S/c1-5-20-23(25(31)34-4)24(19-11-6-7-12-21(19)33-3)29-17(15-35-26(29)28-20)14-22(30)27-16-9-8-10-18(13-16)32-2/h6-13,15,24H,5,14H2,1-4H3,(H,27,30)/t24-/m0/s1. The van der Waals surface area contributed by atoms with Gasteiger partial charge in [-0.3, -0.25) is 4.79 Å². The zero-order valence-corrected chi connectivity index (χ0v) is 20.8. The molecule has 2 aliphatic heterocycles. The summed E-state index contributed by atoms with van der Waals surface area (Å²) in [4.78, 5) is 32.7. The molecule has 0 aromatic heterocycles. The SMILES string of the molecule is CCC1=C(C(=O)OC)[C@H](c2ccccc2OC)N2C(CC(=O)Nc3cccc(OC)c3)=CSC2=N1. The summed E-state index contributed by atoms with van der Waals surface area (Å²) in [6.07, 6.45) is 0.643. The minimum atomic E-state index is -0.549. The average molecular weight is 494 g/mol. The Labute approximate surface area is 208 Å². The molecule has 0 unspecified atom stereocenters. The Hall–Kier alpha value is -3.72. The van der Waals surface area contributed by atoms with Crippen LogP contribution in [0.1, 0.15) is 31.4 Å². The third-order valence-corrected chi connectivity index (χ3v) is 6.65. The Bertz CT molecular complexity index is 1240. The molecule has 8 nitrogen and oxygen atoms in total. The van der Waals surface area contributed by atoms with Gasteiger partial charge in [0.05, 0.1) is 45.1 Å². The van der Waals surface area contributed by atoms with Crippen LogP contribution in [0.3, 0.4) is 0 Å². The quantitative estimate of drug-likeness (QED) is 0.525. The maximum atomic E-state index is 13.0. The number of fused-ring (bicyclic) bond motifs is 1. The third kappa shape index (κ3) is 4.90. The summed E-state index contributed by atoms with van der Waals surface area (Å²) >= 11 is 1.43. The number of rotatable bonds is 8. The summed E-state index contributed by atoms with van der Waals surface area (Å²) in [5.74, 6) is 0.625. The molecule has 0 fully saturated rings. The monoisotopic (exact) mass is 493 g/mol. The second-order valence-electron chi connectivity index (χ2n) is 7.80. The Balaban J connectivity index is 1.70. The maximum Gasteiger partial charge on any atom is 0.338 e. The van der Waals surface area contributed by atoms with Gasteiger partial charge in [-0.1, -0.05) is 43.0 Å². The fraction of sp³-hybridized carbons (Fsp3) is 0.269. The molecular weight excluding hydrogens is 466 g/mol. The van der Waals surface area contributed by atoms with Gasteiger partial charge in [-0.25, -0.2) is 9.79 Å². The molecule has 2 heterocycles. The van der Waals surface area contributed by atoms with Crippen molar-refractivity contribution in [1.29, 1.82) is 0 Å². The Kier molecular flexibility index (Phi) is 7.45. The van der Waals surface area contributed by atoms with Crippen molar-refractivity contribution in [2.24, 2.45) is 4.99 Å². The normalized spacial score (nSPS) is 16.8. The highest BCUT2D eigenvalue weighted by Gasteiger charge is 2.42. The van der Waals surface area contributed by atoms with Gasteiger partial charge in [0, 0.05) is 23.0 Å². The highest BCUT2D eigenvalue weighted by molar-refractivity contribution is 8.16. The molecule has 1 atom stereocenters. The van der Waals surface area contributed by atoms with Crippen LogP contribution in [-0.2, 0) is 14.3 Å². The highest BCUT2D eigenvalue weighted by atomic mass is 32.2. The first-order valence-electron chi connectivity index (χ1n) is 11.1. The van der Waals surface area contributed by atoms with Crippen molar-refractivity contribution in [1.82, 2.24) is 4.90 Å². The highest BCUT2D eigenvalue weighted by Crippen LogP contribution is 2.47. The number of thioether (sulfide) groups is 1. The number of nitrogens with zero attached hydrogens (tertiary/aromatic N) is 2. The second-order valence-corrected chi connectivity index (χ2v) is 8.63. The molecule has 0 saturated heterocycles. The first-order chi connectivity index (χ1) is 17.0. The van der Waals surface area contributed by atoms with E-state index in [0.717, 1.165) is 11.3 Å². The Morgan fingerprint density at radius 2 is 1.89 bits per heavy atom. The van der Waals surface area contributed by atoms with Gasteiger partial charge in [-0.15, -0.1) is 0 Å². The lowest BCUT2D eigenvalue weighted by Gasteiger charge is -2.37. The topological polar surface area (TPSA) is 89.5 Å². The number of ether oxygens (including phenoxy) is 3. The van der Waals surface area contributed by atoms with E-state index in [1.165, 1.54) is 18.9 Å². The molecule has 2 aliphatic rings. The molecule has 2 aromatic rings. The molecule has 1 amide bonds. The summed E-state index contributed by atoms with van der Waals surface area (Å²) in [6.45, 7) is 1.95. The predicted molar refractivity (Wildman–Crippen MR) is 136 cm³/mol. The van der Waals surface area contributed by atoms with Gasteiger partial charge < -0.3 is 24.4 Å². The number of hydrogen-bond donors (Lipinski definition) is 1. The number of amides is 1. The minimum absolute atomic E-state index is 0.0881. The van der Waals surface area contributed by atoms with E-state index < -0.39 is 12.0 Å². The summed E-state index contributed by atoms with van der Waals surface area (Å²) in [6, 6.07) is 14.2. The van der Waals surface area contributed by atoms with Gasteiger partial charge in [-0.2, -0.15) is 0 Å². The fourth-order valence-corrected chi connectivity index (χ4v) is 5.11. The molecule has 9 heteroatoms. The summed E-state index contributed by atoms with van der Waals surface area (Å²) in [5.41, 5.74) is 3.24. The van der Waals surface area contributed by atoms with Crippen molar-refractivity contribution < 1.29 is 23.8 Å². The second kappa shape index (κ2) is 10.7. The van der Waals surface area contributed by atoms with Crippen LogP contribution in [-0.4, -0.2) is 43.3 Å². The molecule has 2 aromatic carbocycles. The Morgan fingerprint density at radius 3 is 2.60 bits per heavy atom. The largest absolute Gasteiger partial charge is 0.497 e. The van der Waals surface area contributed by atoms with Gasteiger partial charge in [0.2, 0.25) is 5.91 Å². The van der Waals surface area contributed by atoms with Crippen LogP contribution in [0.5, 0.6) is 11.5 Å². The molecule has 4 rings (SSSR count). The van der Waals surface area contributed by atoms with Crippen LogP contribution in [0.4, 0.5) is 5.69 Å². The van der Waals surface area contributed by atoms with Crippen LogP contribution in [0.25, 0.3) is 0 Å². The summed E-state index contributed by atoms with van der Waals surface area (Å²) < 4.78 is 16.0. The minimum Gasteiger partial charge on any atom is -0.497 e. The predicted octanol–water partition coefficient (Wildman–Crippen LogP) is 4.87. The lowest BCUT2D eigenvalue weighted by molar-refractivity contribution is -0.136. The number of carbonyl (C=O) groups excluding carboxylic acids is 2. The van der Waals surface area contributed by atoms with Gasteiger partial charge in [0.25, 0.3) is 0 Å². The number of methoxy groups -OCH3 is 3. The van der Waals surface area contributed by atoms with E-state index in [2.05, 4.69) is 5.32 Å². The number of para-hydroxylation sites is 1. The van der Waals surface area contributed by atoms with Crippen molar-refractivity contribution in [3.05, 3.63) is 76.5 Å². The number of hydrogen-bond acceptors (Lipinski definition) is 8. The number of amidine groups is 1.